The molecule has 1 amide bonds. The van der Waals surface area contributed by atoms with Crippen molar-refractivity contribution in [2.24, 2.45) is 11.7 Å². The fraction of sp³-hybridized carbons (Fsp3) is 0.400. The lowest BCUT2D eigenvalue weighted by Crippen LogP contribution is -2.35. The highest BCUT2D eigenvalue weighted by Gasteiger charge is 2.22. The van der Waals surface area contributed by atoms with Crippen LogP contribution < -0.4 is 16.0 Å². The van der Waals surface area contributed by atoms with E-state index >= 15 is 0 Å². The molecule has 21 heavy (non-hydrogen) atoms. The van der Waals surface area contributed by atoms with Gasteiger partial charge in [0, 0.05) is 0 Å². The average molecular weight is 289 g/mol. The molecule has 0 unspecified atom stereocenters. The van der Waals surface area contributed by atoms with Crippen molar-refractivity contribution in [2.75, 3.05) is 7.11 Å². The number of fused-ring (bicyclic) bond motifs is 1. The van der Waals surface area contributed by atoms with Crippen LogP contribution in [0, 0.1) is 5.92 Å². The lowest BCUT2D eigenvalue weighted by atomic mass is 10.0. The zero-order valence-electron chi connectivity index (χ0n) is 12.4. The van der Waals surface area contributed by atoms with E-state index in [1.165, 1.54) is 18.0 Å². The molecule has 1 heterocycles. The lowest BCUT2D eigenvalue weighted by Gasteiger charge is -2.18. The molecular formula is C15H19N3O3. The number of nitrogens with zero attached hydrogens (tertiary/aromatic N) is 2. The summed E-state index contributed by atoms with van der Waals surface area (Å²) >= 11 is 0. The quantitative estimate of drug-likeness (QED) is 0.903. The molecule has 0 aliphatic heterocycles. The first-order valence-electron chi connectivity index (χ1n) is 6.78. The summed E-state index contributed by atoms with van der Waals surface area (Å²) in [7, 11) is 1.49. The van der Waals surface area contributed by atoms with Crippen LogP contribution in [0.3, 0.4) is 0 Å². The second-order valence-electron chi connectivity index (χ2n) is 5.36. The highest BCUT2D eigenvalue weighted by molar-refractivity contribution is 5.85. The Balaban J connectivity index is 2.67. The van der Waals surface area contributed by atoms with E-state index in [1.807, 2.05) is 13.8 Å². The third kappa shape index (κ3) is 2.89. The van der Waals surface area contributed by atoms with Crippen LogP contribution in [-0.2, 0) is 4.79 Å². The van der Waals surface area contributed by atoms with Crippen LogP contribution >= 0.6 is 0 Å². The van der Waals surface area contributed by atoms with E-state index in [9.17, 15) is 9.59 Å². The van der Waals surface area contributed by atoms with Gasteiger partial charge in [0.1, 0.15) is 17.2 Å². The zero-order valence-corrected chi connectivity index (χ0v) is 12.4. The summed E-state index contributed by atoms with van der Waals surface area (Å²) in [5, 5.41) is 0.359. The number of carbonyl (C=O) groups is 1. The van der Waals surface area contributed by atoms with Crippen molar-refractivity contribution >= 4 is 16.8 Å². The first kappa shape index (κ1) is 15.0. The van der Waals surface area contributed by atoms with E-state index < -0.39 is 11.9 Å². The minimum Gasteiger partial charge on any atom is -0.496 e. The monoisotopic (exact) mass is 289 g/mol. The Labute approximate surface area is 122 Å². The van der Waals surface area contributed by atoms with Crippen LogP contribution in [-0.4, -0.2) is 22.6 Å². The van der Waals surface area contributed by atoms with Gasteiger partial charge in [-0.05, 0) is 24.5 Å². The van der Waals surface area contributed by atoms with Gasteiger partial charge in [0.05, 0.1) is 19.0 Å². The van der Waals surface area contributed by atoms with Gasteiger partial charge in [-0.1, -0.05) is 19.9 Å². The van der Waals surface area contributed by atoms with Crippen molar-refractivity contribution in [3.8, 4) is 5.75 Å². The van der Waals surface area contributed by atoms with Gasteiger partial charge in [-0.25, -0.2) is 4.98 Å². The fourth-order valence-corrected chi connectivity index (χ4v) is 2.35. The van der Waals surface area contributed by atoms with Crippen LogP contribution in [0.4, 0.5) is 0 Å². The van der Waals surface area contributed by atoms with Crippen LogP contribution in [0.2, 0.25) is 0 Å². The summed E-state index contributed by atoms with van der Waals surface area (Å²) in [4.78, 5) is 28.6. The molecular weight excluding hydrogens is 270 g/mol. The molecule has 0 spiro atoms. The standard InChI is InChI=1S/C15H19N3O3/c1-9(2)7-11(14(16)19)18-8-17-10-5-4-6-12(21-3)13(10)15(18)20/h4-6,8-9,11H,7H2,1-3H3,(H2,16,19)/t11-/m1/s1. The second kappa shape index (κ2) is 5.95. The predicted octanol–water partition coefficient (Wildman–Crippen LogP) is 1.48. The summed E-state index contributed by atoms with van der Waals surface area (Å²) in [6, 6.07) is 4.47. The number of rotatable bonds is 5. The van der Waals surface area contributed by atoms with E-state index in [0.717, 1.165) is 0 Å². The number of hydrogen-bond donors (Lipinski definition) is 1. The van der Waals surface area contributed by atoms with Crippen molar-refractivity contribution < 1.29 is 9.53 Å². The molecule has 112 valence electrons. The number of hydrogen-bond acceptors (Lipinski definition) is 4. The van der Waals surface area contributed by atoms with E-state index in [-0.39, 0.29) is 11.5 Å². The maximum atomic E-state index is 12.7. The summed E-state index contributed by atoms with van der Waals surface area (Å²) in [6.45, 7) is 3.94. The Morgan fingerprint density at radius 1 is 1.43 bits per heavy atom. The Bertz CT molecular complexity index is 722. The number of amides is 1. The van der Waals surface area contributed by atoms with E-state index in [4.69, 9.17) is 10.5 Å². The summed E-state index contributed by atoms with van der Waals surface area (Å²) in [6.07, 6.45) is 1.86. The summed E-state index contributed by atoms with van der Waals surface area (Å²) in [5.74, 6) is 0.122. The van der Waals surface area contributed by atoms with Gasteiger partial charge in [-0.15, -0.1) is 0 Å². The molecule has 0 fully saturated rings. The van der Waals surface area contributed by atoms with Gasteiger partial charge < -0.3 is 10.5 Å². The molecule has 0 bridgehead atoms. The lowest BCUT2D eigenvalue weighted by molar-refractivity contribution is -0.121. The molecule has 0 saturated heterocycles. The van der Waals surface area contributed by atoms with E-state index in [2.05, 4.69) is 4.98 Å². The van der Waals surface area contributed by atoms with Crippen molar-refractivity contribution in [1.82, 2.24) is 9.55 Å². The Morgan fingerprint density at radius 2 is 2.14 bits per heavy atom. The fourth-order valence-electron chi connectivity index (χ4n) is 2.35. The van der Waals surface area contributed by atoms with Gasteiger partial charge in [-0.2, -0.15) is 0 Å². The van der Waals surface area contributed by atoms with Gasteiger partial charge >= 0.3 is 0 Å². The topological polar surface area (TPSA) is 87.2 Å². The molecule has 0 aliphatic rings. The summed E-state index contributed by atoms with van der Waals surface area (Å²) in [5.41, 5.74) is 5.66. The molecule has 2 N–H and O–H groups in total. The van der Waals surface area contributed by atoms with Gasteiger partial charge in [-0.3, -0.25) is 14.2 Å². The molecule has 1 atom stereocenters. The number of methoxy groups -OCH3 is 1. The van der Waals surface area contributed by atoms with Crippen molar-refractivity contribution in [2.45, 2.75) is 26.3 Å². The van der Waals surface area contributed by atoms with Gasteiger partial charge in [0.25, 0.3) is 5.56 Å². The molecule has 2 rings (SSSR count). The third-order valence-electron chi connectivity index (χ3n) is 3.35. The predicted molar refractivity (Wildman–Crippen MR) is 80.2 cm³/mol. The minimum absolute atomic E-state index is 0.225. The number of primary amides is 1. The maximum absolute atomic E-state index is 12.7. The molecule has 0 saturated carbocycles. The maximum Gasteiger partial charge on any atom is 0.265 e. The molecule has 1 aromatic heterocycles. The Morgan fingerprint density at radius 3 is 2.71 bits per heavy atom. The van der Waals surface area contributed by atoms with Crippen LogP contribution in [0.15, 0.2) is 29.3 Å². The van der Waals surface area contributed by atoms with Crippen LogP contribution in [0.5, 0.6) is 5.75 Å². The highest BCUT2D eigenvalue weighted by Crippen LogP contribution is 2.22. The number of benzene rings is 1. The van der Waals surface area contributed by atoms with E-state index in [1.54, 1.807) is 18.2 Å². The Hall–Kier alpha value is -2.37. The number of ether oxygens (including phenoxy) is 1. The largest absolute Gasteiger partial charge is 0.496 e. The summed E-state index contributed by atoms with van der Waals surface area (Å²) < 4.78 is 6.51. The van der Waals surface area contributed by atoms with Crippen LogP contribution in [0.1, 0.15) is 26.3 Å². The highest BCUT2D eigenvalue weighted by atomic mass is 16.5. The third-order valence-corrected chi connectivity index (χ3v) is 3.35. The minimum atomic E-state index is -0.709. The van der Waals surface area contributed by atoms with Gasteiger partial charge in [0.2, 0.25) is 5.91 Å². The first-order chi connectivity index (χ1) is 9.95. The first-order valence-corrected chi connectivity index (χ1v) is 6.78. The zero-order chi connectivity index (χ0) is 15.6. The molecule has 6 heteroatoms. The molecule has 0 radical (unpaired) electrons. The smallest absolute Gasteiger partial charge is 0.265 e. The van der Waals surface area contributed by atoms with Gasteiger partial charge in [0.15, 0.2) is 0 Å². The molecule has 1 aromatic carbocycles. The number of aromatic nitrogens is 2. The SMILES string of the molecule is COc1cccc2ncn([C@H](CC(C)C)C(N)=O)c(=O)c12. The Kier molecular flexibility index (Phi) is 4.26. The average Bonchev–Trinajstić information content (AvgIpc) is 2.44. The molecule has 6 nitrogen and oxygen atoms in total. The van der Waals surface area contributed by atoms with E-state index in [0.29, 0.717) is 23.1 Å². The van der Waals surface area contributed by atoms with Crippen molar-refractivity contribution in [3.05, 3.63) is 34.9 Å². The normalized spacial score (nSPS) is 12.6. The number of nitrogens with two attached hydrogens (primary N) is 1. The number of carbonyl (C=O) groups excluding carboxylic acids is 1. The second-order valence-corrected chi connectivity index (χ2v) is 5.36. The van der Waals surface area contributed by atoms with Crippen LogP contribution in [0.25, 0.3) is 10.9 Å². The molecule has 0 aliphatic carbocycles. The van der Waals surface area contributed by atoms with Crippen molar-refractivity contribution in [1.29, 1.82) is 0 Å². The molecule has 2 aromatic rings. The van der Waals surface area contributed by atoms with Crippen molar-refractivity contribution in [3.63, 3.8) is 0 Å².